The van der Waals surface area contributed by atoms with Crippen LogP contribution in [0.4, 0.5) is 0 Å². The van der Waals surface area contributed by atoms with Crippen molar-refractivity contribution in [1.82, 2.24) is 19.1 Å². The highest BCUT2D eigenvalue weighted by atomic mass is 32.1. The molecule has 0 aliphatic carbocycles. The molecule has 7 heteroatoms. The van der Waals surface area contributed by atoms with Crippen molar-refractivity contribution in [2.45, 2.75) is 19.1 Å². The number of thiophene rings is 2. The van der Waals surface area contributed by atoms with E-state index < -0.39 is 0 Å². The lowest BCUT2D eigenvalue weighted by Crippen LogP contribution is -2.39. The Morgan fingerprint density at radius 1 is 1.12 bits per heavy atom. The van der Waals surface area contributed by atoms with E-state index in [-0.39, 0.29) is 11.7 Å². The molecule has 0 N–H and O–H groups in total. The summed E-state index contributed by atoms with van der Waals surface area (Å²) in [6, 6.07) is 12.3. The van der Waals surface area contributed by atoms with Crippen LogP contribution in [0.15, 0.2) is 58.1 Å². The fraction of sp³-hybridized carbons (Fsp3) is 0.222. The first-order valence-corrected chi connectivity index (χ1v) is 9.95. The van der Waals surface area contributed by atoms with Crippen molar-refractivity contribution in [1.29, 1.82) is 0 Å². The van der Waals surface area contributed by atoms with Crippen molar-refractivity contribution in [3.8, 4) is 0 Å². The first-order valence-electron chi connectivity index (χ1n) is 8.19. The SMILES string of the molecule is O=c1n(CN2CCc3sccc3[C@H]2c2cccs2)nc2ccccn12. The molecule has 0 fully saturated rings. The van der Waals surface area contributed by atoms with Gasteiger partial charge in [0.1, 0.15) is 0 Å². The average molecular weight is 368 g/mol. The van der Waals surface area contributed by atoms with Gasteiger partial charge in [0.25, 0.3) is 0 Å². The Labute approximate surface area is 152 Å². The molecule has 25 heavy (non-hydrogen) atoms. The van der Waals surface area contributed by atoms with Gasteiger partial charge in [-0.2, -0.15) is 4.68 Å². The molecule has 0 aromatic carbocycles. The van der Waals surface area contributed by atoms with Crippen molar-refractivity contribution in [3.63, 3.8) is 0 Å². The van der Waals surface area contributed by atoms with Crippen LogP contribution in [-0.2, 0) is 13.1 Å². The molecule has 4 aromatic heterocycles. The normalized spacial score (nSPS) is 17.8. The highest BCUT2D eigenvalue weighted by molar-refractivity contribution is 7.10. The van der Waals surface area contributed by atoms with E-state index in [1.807, 2.05) is 29.5 Å². The third-order valence-corrected chi connectivity index (χ3v) is 6.60. The summed E-state index contributed by atoms with van der Waals surface area (Å²) in [6.07, 6.45) is 2.79. The molecule has 0 radical (unpaired) electrons. The van der Waals surface area contributed by atoms with E-state index in [1.165, 1.54) is 15.3 Å². The summed E-state index contributed by atoms with van der Waals surface area (Å²) in [5.74, 6) is 0. The molecule has 4 aromatic rings. The Hall–Kier alpha value is -2.22. The standard InChI is InChI=1S/C18H16N4OS2/c23-18-21-8-2-1-5-16(21)19-22(18)12-20-9-6-14-13(7-11-25-14)17(20)15-4-3-10-24-15/h1-5,7-8,10-11,17H,6,9,12H2/t17-/m0/s1. The van der Waals surface area contributed by atoms with Crippen molar-refractivity contribution >= 4 is 28.3 Å². The van der Waals surface area contributed by atoms with Crippen LogP contribution in [-0.4, -0.2) is 25.6 Å². The van der Waals surface area contributed by atoms with Crippen LogP contribution in [0.3, 0.4) is 0 Å². The summed E-state index contributed by atoms with van der Waals surface area (Å²) in [6.45, 7) is 1.43. The molecule has 0 bridgehead atoms. The van der Waals surface area contributed by atoms with Gasteiger partial charge in [-0.15, -0.1) is 27.8 Å². The summed E-state index contributed by atoms with van der Waals surface area (Å²) in [4.78, 5) is 17.8. The fourth-order valence-corrected chi connectivity index (χ4v) is 5.31. The molecule has 0 saturated carbocycles. The van der Waals surface area contributed by atoms with E-state index in [9.17, 15) is 4.79 Å². The number of nitrogens with zero attached hydrogens (tertiary/aromatic N) is 4. The molecule has 1 aliphatic heterocycles. The Bertz CT molecular complexity index is 1080. The van der Waals surface area contributed by atoms with Gasteiger partial charge in [-0.1, -0.05) is 12.1 Å². The Kier molecular flexibility index (Phi) is 3.58. The second kappa shape index (κ2) is 5.94. The monoisotopic (exact) mass is 368 g/mol. The maximum atomic E-state index is 12.6. The third kappa shape index (κ3) is 2.47. The van der Waals surface area contributed by atoms with Crippen LogP contribution in [0.2, 0.25) is 0 Å². The average Bonchev–Trinajstić information content (AvgIpc) is 3.36. The maximum Gasteiger partial charge on any atom is 0.351 e. The number of hydrogen-bond donors (Lipinski definition) is 0. The minimum atomic E-state index is -0.0864. The topological polar surface area (TPSA) is 42.5 Å². The minimum absolute atomic E-state index is 0.0864. The zero-order valence-corrected chi connectivity index (χ0v) is 15.0. The Morgan fingerprint density at radius 2 is 2.08 bits per heavy atom. The van der Waals surface area contributed by atoms with Crippen LogP contribution in [0.5, 0.6) is 0 Å². The van der Waals surface area contributed by atoms with Gasteiger partial charge in [0.2, 0.25) is 0 Å². The molecule has 0 unspecified atom stereocenters. The molecule has 0 saturated heterocycles. The number of pyridine rings is 1. The predicted molar refractivity (Wildman–Crippen MR) is 100 cm³/mol. The second-order valence-electron chi connectivity index (χ2n) is 6.13. The van der Waals surface area contributed by atoms with Crippen LogP contribution < -0.4 is 5.69 Å². The maximum absolute atomic E-state index is 12.6. The van der Waals surface area contributed by atoms with Gasteiger partial charge in [0.15, 0.2) is 5.65 Å². The molecule has 1 atom stereocenters. The van der Waals surface area contributed by atoms with Gasteiger partial charge in [-0.25, -0.2) is 4.79 Å². The zero-order valence-electron chi connectivity index (χ0n) is 13.4. The second-order valence-corrected chi connectivity index (χ2v) is 8.11. The molecule has 5 rings (SSSR count). The van der Waals surface area contributed by atoms with Crippen molar-refractivity contribution < 1.29 is 0 Å². The van der Waals surface area contributed by atoms with E-state index in [4.69, 9.17) is 0 Å². The number of hydrogen-bond acceptors (Lipinski definition) is 5. The molecule has 5 heterocycles. The lowest BCUT2D eigenvalue weighted by Gasteiger charge is -2.34. The molecular formula is C18H16N4OS2. The molecule has 0 amide bonds. The minimum Gasteiger partial charge on any atom is -0.272 e. The summed E-state index contributed by atoms with van der Waals surface area (Å²) in [5, 5.41) is 8.79. The van der Waals surface area contributed by atoms with Gasteiger partial charge in [-0.3, -0.25) is 9.30 Å². The van der Waals surface area contributed by atoms with E-state index in [0.717, 1.165) is 13.0 Å². The lowest BCUT2D eigenvalue weighted by atomic mass is 9.99. The lowest BCUT2D eigenvalue weighted by molar-refractivity contribution is 0.157. The highest BCUT2D eigenvalue weighted by Crippen LogP contribution is 2.39. The van der Waals surface area contributed by atoms with Gasteiger partial charge in [0, 0.05) is 22.5 Å². The smallest absolute Gasteiger partial charge is 0.272 e. The third-order valence-electron chi connectivity index (χ3n) is 4.68. The van der Waals surface area contributed by atoms with Gasteiger partial charge in [0.05, 0.1) is 12.7 Å². The molecule has 126 valence electrons. The first kappa shape index (κ1) is 15.1. The van der Waals surface area contributed by atoms with E-state index in [0.29, 0.717) is 12.3 Å². The molecular weight excluding hydrogens is 352 g/mol. The first-order chi connectivity index (χ1) is 12.3. The van der Waals surface area contributed by atoms with Crippen molar-refractivity contribution in [2.24, 2.45) is 0 Å². The van der Waals surface area contributed by atoms with Gasteiger partial charge < -0.3 is 0 Å². The van der Waals surface area contributed by atoms with E-state index >= 15 is 0 Å². The van der Waals surface area contributed by atoms with E-state index in [2.05, 4.69) is 39.0 Å². The van der Waals surface area contributed by atoms with Crippen LogP contribution >= 0.6 is 22.7 Å². The van der Waals surface area contributed by atoms with Crippen molar-refractivity contribution in [2.75, 3.05) is 6.54 Å². The van der Waals surface area contributed by atoms with Crippen LogP contribution in [0, 0.1) is 0 Å². The highest BCUT2D eigenvalue weighted by Gasteiger charge is 2.31. The zero-order chi connectivity index (χ0) is 16.8. The van der Waals surface area contributed by atoms with Crippen molar-refractivity contribution in [3.05, 3.63) is 79.2 Å². The molecule has 0 spiro atoms. The van der Waals surface area contributed by atoms with Crippen LogP contribution in [0.25, 0.3) is 5.65 Å². The summed E-state index contributed by atoms with van der Waals surface area (Å²) in [7, 11) is 0. The summed E-state index contributed by atoms with van der Waals surface area (Å²) in [5.41, 5.74) is 1.97. The Morgan fingerprint density at radius 3 is 2.92 bits per heavy atom. The van der Waals surface area contributed by atoms with Gasteiger partial charge >= 0.3 is 5.69 Å². The quantitative estimate of drug-likeness (QED) is 0.558. The van der Waals surface area contributed by atoms with E-state index in [1.54, 1.807) is 26.6 Å². The number of fused-ring (bicyclic) bond motifs is 2. The summed E-state index contributed by atoms with van der Waals surface area (Å²) >= 11 is 3.60. The Balaban J connectivity index is 1.56. The number of rotatable bonds is 3. The molecule has 5 nitrogen and oxygen atoms in total. The predicted octanol–water partition coefficient (Wildman–Crippen LogP) is 3.22. The largest absolute Gasteiger partial charge is 0.351 e. The van der Waals surface area contributed by atoms with Crippen LogP contribution in [0.1, 0.15) is 21.4 Å². The fourth-order valence-electron chi connectivity index (χ4n) is 3.53. The van der Waals surface area contributed by atoms with Gasteiger partial charge in [-0.05, 0) is 47.0 Å². The molecule has 1 aliphatic rings. The summed E-state index contributed by atoms with van der Waals surface area (Å²) < 4.78 is 3.17. The number of aromatic nitrogens is 3.